The van der Waals surface area contributed by atoms with Gasteiger partial charge in [0.25, 0.3) is 0 Å². The van der Waals surface area contributed by atoms with E-state index < -0.39 is 24.5 Å². The lowest BCUT2D eigenvalue weighted by molar-refractivity contribution is -0.0299. The fraction of sp³-hybridized carbons (Fsp3) is 0.353. The van der Waals surface area contributed by atoms with Gasteiger partial charge in [-0.3, -0.25) is 4.57 Å². The minimum Gasteiger partial charge on any atom is -0.388 e. The van der Waals surface area contributed by atoms with Gasteiger partial charge in [0.2, 0.25) is 0 Å². The van der Waals surface area contributed by atoms with Gasteiger partial charge in [-0.2, -0.15) is 0 Å². The molecule has 0 unspecified atom stereocenters. The lowest BCUT2D eigenvalue weighted by Crippen LogP contribution is -2.30. The number of imidazole rings is 1. The molecular formula is C17H17FN4O3. The largest absolute Gasteiger partial charge is 0.388 e. The fourth-order valence-corrected chi connectivity index (χ4v) is 3.07. The third kappa shape index (κ3) is 2.78. The average Bonchev–Trinajstić information content (AvgIpc) is 3.14. The monoisotopic (exact) mass is 344 g/mol. The van der Waals surface area contributed by atoms with Crippen LogP contribution in [0.1, 0.15) is 24.4 Å². The number of aromatic nitrogens is 4. The molecule has 1 fully saturated rings. The molecule has 7 nitrogen and oxygen atoms in total. The first-order valence-corrected chi connectivity index (χ1v) is 7.97. The summed E-state index contributed by atoms with van der Waals surface area (Å²) in [5.41, 5.74) is 2.68. The van der Waals surface area contributed by atoms with Crippen LogP contribution in [0, 0.1) is 5.82 Å². The highest BCUT2D eigenvalue weighted by atomic mass is 19.1. The lowest BCUT2D eigenvalue weighted by Gasteiger charge is -2.16. The molecule has 1 aliphatic rings. The van der Waals surface area contributed by atoms with Gasteiger partial charge in [0.05, 0.1) is 18.1 Å². The number of halogens is 1. The molecule has 0 saturated carbocycles. The summed E-state index contributed by atoms with van der Waals surface area (Å²) in [7, 11) is 0. The highest BCUT2D eigenvalue weighted by Gasteiger charge is 2.42. The Hall–Kier alpha value is -2.42. The van der Waals surface area contributed by atoms with Crippen LogP contribution in [0.5, 0.6) is 0 Å². The van der Waals surface area contributed by atoms with Crippen LogP contribution in [0.3, 0.4) is 0 Å². The third-order valence-electron chi connectivity index (χ3n) is 4.47. The molecule has 1 aliphatic heterocycles. The second-order valence-electron chi connectivity index (χ2n) is 6.16. The van der Waals surface area contributed by atoms with Gasteiger partial charge in [-0.05, 0) is 24.6 Å². The van der Waals surface area contributed by atoms with Crippen LogP contribution in [0.25, 0.3) is 11.2 Å². The zero-order chi connectivity index (χ0) is 17.6. The number of aliphatic hydroxyl groups is 2. The van der Waals surface area contributed by atoms with Crippen molar-refractivity contribution in [2.45, 2.75) is 37.9 Å². The Labute approximate surface area is 142 Å². The van der Waals surface area contributed by atoms with Crippen LogP contribution in [-0.2, 0) is 11.2 Å². The van der Waals surface area contributed by atoms with E-state index in [1.54, 1.807) is 23.6 Å². The molecule has 1 saturated heterocycles. The van der Waals surface area contributed by atoms with Crippen molar-refractivity contribution in [1.29, 1.82) is 0 Å². The zero-order valence-electron chi connectivity index (χ0n) is 13.5. The van der Waals surface area contributed by atoms with Gasteiger partial charge < -0.3 is 14.9 Å². The summed E-state index contributed by atoms with van der Waals surface area (Å²) in [6, 6.07) is 6.19. The molecule has 0 amide bonds. The zero-order valence-corrected chi connectivity index (χ0v) is 13.5. The van der Waals surface area contributed by atoms with Crippen molar-refractivity contribution in [3.05, 3.63) is 54.0 Å². The minimum absolute atomic E-state index is 0.291. The number of benzene rings is 1. The number of hydrogen-bond donors (Lipinski definition) is 2. The number of fused-ring (bicyclic) bond motifs is 1. The van der Waals surface area contributed by atoms with Gasteiger partial charge in [0.15, 0.2) is 11.9 Å². The van der Waals surface area contributed by atoms with Crippen LogP contribution in [0.15, 0.2) is 36.9 Å². The van der Waals surface area contributed by atoms with Crippen molar-refractivity contribution in [2.24, 2.45) is 0 Å². The van der Waals surface area contributed by atoms with Crippen LogP contribution >= 0.6 is 0 Å². The molecule has 1 aromatic carbocycles. The molecule has 0 aliphatic carbocycles. The van der Waals surface area contributed by atoms with Crippen LogP contribution < -0.4 is 0 Å². The molecule has 0 radical (unpaired) electrons. The van der Waals surface area contributed by atoms with Gasteiger partial charge in [-0.1, -0.05) is 12.1 Å². The molecule has 2 aromatic heterocycles. The Bertz CT molecular complexity index is 899. The van der Waals surface area contributed by atoms with Gasteiger partial charge in [-0.25, -0.2) is 19.3 Å². The minimum atomic E-state index is -1.07. The van der Waals surface area contributed by atoms with E-state index in [1.807, 2.05) is 0 Å². The predicted octanol–water partition coefficient (Wildman–Crippen LogP) is 1.20. The fourth-order valence-electron chi connectivity index (χ4n) is 3.07. The maximum atomic E-state index is 13.1. The van der Waals surface area contributed by atoms with E-state index in [2.05, 4.69) is 15.0 Å². The first-order valence-electron chi connectivity index (χ1n) is 7.97. The Morgan fingerprint density at radius 1 is 1.12 bits per heavy atom. The number of rotatable bonds is 3. The molecule has 0 bridgehead atoms. The van der Waals surface area contributed by atoms with Crippen molar-refractivity contribution < 1.29 is 19.3 Å². The molecule has 3 heterocycles. The molecule has 8 heteroatoms. The first-order chi connectivity index (χ1) is 12.0. The SMILES string of the molecule is C[C@H]1O[C@@H](n2cnc3c(Cc4ccc(F)cc4)ncnc32)[C@H](O)[C@@H]1O. The molecule has 4 rings (SSSR count). The predicted molar refractivity (Wildman–Crippen MR) is 86.1 cm³/mol. The summed E-state index contributed by atoms with van der Waals surface area (Å²) in [4.78, 5) is 12.9. The standard InChI is InChI=1S/C17H17FN4O3/c1-9-14(23)15(24)17(25-9)22-8-21-13-12(19-7-20-16(13)22)6-10-2-4-11(18)5-3-10/h2-5,7-9,14-15,17,23-24H,6H2,1H3/t9-,14-,15-,17-/m1/s1. The Morgan fingerprint density at radius 2 is 1.88 bits per heavy atom. The third-order valence-corrected chi connectivity index (χ3v) is 4.47. The molecule has 130 valence electrons. The Balaban J connectivity index is 1.70. The van der Waals surface area contributed by atoms with Crippen LogP contribution in [0.2, 0.25) is 0 Å². The number of ether oxygens (including phenoxy) is 1. The molecule has 0 spiro atoms. The quantitative estimate of drug-likeness (QED) is 0.741. The topological polar surface area (TPSA) is 93.3 Å². The van der Waals surface area contributed by atoms with Gasteiger partial charge >= 0.3 is 0 Å². The second kappa shape index (κ2) is 6.14. The van der Waals surface area contributed by atoms with E-state index in [9.17, 15) is 14.6 Å². The highest BCUT2D eigenvalue weighted by Crippen LogP contribution is 2.31. The van der Waals surface area contributed by atoms with E-state index in [1.165, 1.54) is 24.8 Å². The van der Waals surface area contributed by atoms with Crippen LogP contribution in [0.4, 0.5) is 4.39 Å². The summed E-state index contributed by atoms with van der Waals surface area (Å²) >= 11 is 0. The van der Waals surface area contributed by atoms with E-state index in [0.29, 0.717) is 23.3 Å². The normalized spacial score (nSPS) is 26.4. The van der Waals surface area contributed by atoms with E-state index in [-0.39, 0.29) is 5.82 Å². The van der Waals surface area contributed by atoms with E-state index >= 15 is 0 Å². The van der Waals surface area contributed by atoms with E-state index in [0.717, 1.165) is 5.56 Å². The number of nitrogens with zero attached hydrogens (tertiary/aromatic N) is 4. The summed E-state index contributed by atoms with van der Waals surface area (Å²) in [5.74, 6) is -0.291. The van der Waals surface area contributed by atoms with Gasteiger partial charge in [0.1, 0.15) is 29.9 Å². The maximum Gasteiger partial charge on any atom is 0.165 e. The van der Waals surface area contributed by atoms with Crippen molar-refractivity contribution in [3.63, 3.8) is 0 Å². The number of aliphatic hydroxyl groups excluding tert-OH is 2. The number of hydrogen-bond acceptors (Lipinski definition) is 6. The van der Waals surface area contributed by atoms with Crippen molar-refractivity contribution in [3.8, 4) is 0 Å². The molecule has 4 atom stereocenters. The Morgan fingerprint density at radius 3 is 2.56 bits per heavy atom. The summed E-state index contributed by atoms with van der Waals surface area (Å²) in [6.07, 6.45) is 0.128. The Kier molecular flexibility index (Phi) is 3.95. The van der Waals surface area contributed by atoms with Crippen molar-refractivity contribution in [1.82, 2.24) is 19.5 Å². The first kappa shape index (κ1) is 16.1. The van der Waals surface area contributed by atoms with Gasteiger partial charge in [0, 0.05) is 6.42 Å². The van der Waals surface area contributed by atoms with Crippen LogP contribution in [-0.4, -0.2) is 48.0 Å². The highest BCUT2D eigenvalue weighted by molar-refractivity contribution is 5.73. The molecule has 2 N–H and O–H groups in total. The summed E-state index contributed by atoms with van der Waals surface area (Å²) in [5, 5.41) is 20.1. The maximum absolute atomic E-state index is 13.1. The molecule has 25 heavy (non-hydrogen) atoms. The second-order valence-corrected chi connectivity index (χ2v) is 6.16. The molecule has 3 aromatic rings. The van der Waals surface area contributed by atoms with E-state index in [4.69, 9.17) is 4.74 Å². The van der Waals surface area contributed by atoms with Crippen molar-refractivity contribution in [2.75, 3.05) is 0 Å². The summed E-state index contributed by atoms with van der Waals surface area (Å²) in [6.45, 7) is 1.70. The van der Waals surface area contributed by atoms with Crippen molar-refractivity contribution >= 4 is 11.2 Å². The molecular weight excluding hydrogens is 327 g/mol. The summed E-state index contributed by atoms with van der Waals surface area (Å²) < 4.78 is 20.3. The average molecular weight is 344 g/mol. The van der Waals surface area contributed by atoms with Gasteiger partial charge in [-0.15, -0.1) is 0 Å². The smallest absolute Gasteiger partial charge is 0.165 e. The lowest BCUT2D eigenvalue weighted by atomic mass is 10.1.